The van der Waals surface area contributed by atoms with E-state index < -0.39 is 24.1 Å². The maximum Gasteiger partial charge on any atom is 0.320 e. The summed E-state index contributed by atoms with van der Waals surface area (Å²) in [4.78, 5) is 23.6. The highest BCUT2D eigenvalue weighted by atomic mass is 35.5. The van der Waals surface area contributed by atoms with E-state index in [2.05, 4.69) is 0 Å². The monoisotopic (exact) mass is 336 g/mol. The number of hydrogen-bond acceptors (Lipinski definition) is 4. The number of cyclic esters (lactones) is 2. The Morgan fingerprint density at radius 2 is 1.27 bits per heavy atom. The van der Waals surface area contributed by atoms with Crippen LogP contribution in [0.25, 0.3) is 0 Å². The van der Waals surface area contributed by atoms with E-state index in [1.807, 2.05) is 0 Å². The quantitative estimate of drug-likeness (QED) is 0.620. The van der Waals surface area contributed by atoms with Crippen LogP contribution >= 0.6 is 23.2 Å². The maximum atomic E-state index is 11.8. The number of ether oxygens (including phenoxy) is 2. The third-order valence-corrected chi connectivity index (χ3v) is 3.68. The van der Waals surface area contributed by atoms with Gasteiger partial charge in [-0.1, -0.05) is 47.5 Å². The molecule has 0 radical (unpaired) electrons. The highest BCUT2D eigenvalue weighted by molar-refractivity contribution is 6.31. The van der Waals surface area contributed by atoms with Gasteiger partial charge in [-0.2, -0.15) is 0 Å². The van der Waals surface area contributed by atoms with Crippen LogP contribution in [0.5, 0.6) is 0 Å². The topological polar surface area (TPSA) is 52.6 Å². The first kappa shape index (κ1) is 14.9. The predicted molar refractivity (Wildman–Crippen MR) is 80.5 cm³/mol. The maximum absolute atomic E-state index is 11.8. The van der Waals surface area contributed by atoms with Gasteiger partial charge < -0.3 is 9.47 Å². The summed E-state index contributed by atoms with van der Waals surface area (Å²) in [6, 6.07) is 13.2. The van der Waals surface area contributed by atoms with Gasteiger partial charge >= 0.3 is 17.7 Å². The summed E-state index contributed by atoms with van der Waals surface area (Å²) < 4.78 is 10.9. The molecule has 0 N–H and O–H groups in total. The second kappa shape index (κ2) is 5.63. The third-order valence-electron chi connectivity index (χ3n) is 3.21. The molecule has 3 rings (SSSR count). The summed E-state index contributed by atoms with van der Waals surface area (Å²) in [5, 5.41) is 0.855. The van der Waals surface area contributed by atoms with Gasteiger partial charge in [-0.05, 0) is 24.3 Å². The first-order valence-corrected chi connectivity index (χ1v) is 7.21. The molecular formula is C16H10Cl2O4. The number of halogens is 2. The largest absolute Gasteiger partial charge is 0.413 e. The van der Waals surface area contributed by atoms with Gasteiger partial charge in [0.25, 0.3) is 0 Å². The Bertz CT molecular complexity index is 694. The Labute approximate surface area is 136 Å². The van der Waals surface area contributed by atoms with E-state index in [9.17, 15) is 9.59 Å². The van der Waals surface area contributed by atoms with E-state index in [4.69, 9.17) is 32.7 Å². The molecule has 22 heavy (non-hydrogen) atoms. The molecule has 1 saturated heterocycles. The molecule has 112 valence electrons. The standard InChI is InChI=1S/C16H10Cl2O4/c17-12-5-1-3-10(7-12)16(11-4-2-6-13(18)8-11)21-14(19)9-15(20)22-16/h1-8H,9H2. The Morgan fingerprint density at radius 3 is 1.68 bits per heavy atom. The predicted octanol–water partition coefficient (Wildman–Crippen LogP) is 3.68. The van der Waals surface area contributed by atoms with E-state index in [-0.39, 0.29) is 0 Å². The summed E-state index contributed by atoms with van der Waals surface area (Å²) in [7, 11) is 0. The van der Waals surface area contributed by atoms with Gasteiger partial charge in [-0.15, -0.1) is 0 Å². The van der Waals surface area contributed by atoms with E-state index in [1.54, 1.807) is 48.5 Å². The third kappa shape index (κ3) is 2.67. The second-order valence-corrected chi connectivity index (χ2v) is 5.64. The van der Waals surface area contributed by atoms with Gasteiger partial charge in [-0.25, -0.2) is 0 Å². The van der Waals surface area contributed by atoms with E-state index in [0.717, 1.165) is 0 Å². The summed E-state index contributed by atoms with van der Waals surface area (Å²) in [5.74, 6) is -3.02. The number of carbonyl (C=O) groups excluding carboxylic acids is 2. The molecule has 4 nitrogen and oxygen atoms in total. The van der Waals surface area contributed by atoms with Crippen LogP contribution in [0.1, 0.15) is 17.5 Å². The van der Waals surface area contributed by atoms with Gasteiger partial charge in [0, 0.05) is 21.2 Å². The zero-order chi connectivity index (χ0) is 15.7. The SMILES string of the molecule is O=C1CC(=O)OC(c2cccc(Cl)c2)(c2cccc(Cl)c2)O1. The average molecular weight is 337 g/mol. The molecule has 0 unspecified atom stereocenters. The molecule has 0 amide bonds. The molecule has 0 saturated carbocycles. The van der Waals surface area contributed by atoms with Crippen LogP contribution in [0, 0.1) is 0 Å². The van der Waals surface area contributed by atoms with Crippen molar-refractivity contribution >= 4 is 35.1 Å². The van der Waals surface area contributed by atoms with Crippen LogP contribution in [0.15, 0.2) is 48.5 Å². The van der Waals surface area contributed by atoms with Crippen LogP contribution in [-0.2, 0) is 24.8 Å². The Hall–Kier alpha value is -2.04. The van der Waals surface area contributed by atoms with Crippen molar-refractivity contribution in [3.63, 3.8) is 0 Å². The van der Waals surface area contributed by atoms with E-state index in [1.165, 1.54) is 0 Å². The second-order valence-electron chi connectivity index (χ2n) is 4.76. The molecule has 2 aromatic rings. The molecule has 6 heteroatoms. The van der Waals surface area contributed by atoms with Crippen molar-refractivity contribution in [3.8, 4) is 0 Å². The van der Waals surface area contributed by atoms with E-state index in [0.29, 0.717) is 21.2 Å². The molecule has 1 fully saturated rings. The Kier molecular flexibility index (Phi) is 3.81. The summed E-state index contributed by atoms with van der Waals surface area (Å²) in [6.45, 7) is 0. The van der Waals surface area contributed by atoms with Crippen molar-refractivity contribution in [3.05, 3.63) is 69.7 Å². The van der Waals surface area contributed by atoms with Crippen molar-refractivity contribution in [2.24, 2.45) is 0 Å². The number of carbonyl (C=O) groups is 2. The lowest BCUT2D eigenvalue weighted by Crippen LogP contribution is -2.43. The zero-order valence-electron chi connectivity index (χ0n) is 11.2. The molecule has 0 aromatic heterocycles. The van der Waals surface area contributed by atoms with Crippen LogP contribution in [-0.4, -0.2) is 11.9 Å². The number of hydrogen-bond donors (Lipinski definition) is 0. The summed E-state index contributed by atoms with van der Waals surface area (Å²) >= 11 is 12.0. The van der Waals surface area contributed by atoms with Gasteiger partial charge in [0.05, 0.1) is 0 Å². The lowest BCUT2D eigenvalue weighted by atomic mass is 9.96. The molecule has 2 aromatic carbocycles. The minimum absolute atomic E-state index is 0.427. The van der Waals surface area contributed by atoms with E-state index >= 15 is 0 Å². The summed E-state index contributed by atoms with van der Waals surface area (Å²) in [6.07, 6.45) is -0.428. The highest BCUT2D eigenvalue weighted by Crippen LogP contribution is 2.40. The van der Waals surface area contributed by atoms with Crippen molar-refractivity contribution in [1.82, 2.24) is 0 Å². The molecule has 1 aliphatic rings. The Morgan fingerprint density at radius 1 is 0.818 bits per heavy atom. The Balaban J connectivity index is 2.22. The zero-order valence-corrected chi connectivity index (χ0v) is 12.7. The highest BCUT2D eigenvalue weighted by Gasteiger charge is 2.47. The molecule has 1 aliphatic heterocycles. The molecule has 0 bridgehead atoms. The van der Waals surface area contributed by atoms with Crippen LogP contribution in [0.2, 0.25) is 10.0 Å². The molecule has 0 aliphatic carbocycles. The minimum atomic E-state index is -1.68. The van der Waals surface area contributed by atoms with Gasteiger partial charge in [0.2, 0.25) is 0 Å². The normalized spacial score (nSPS) is 16.8. The first-order chi connectivity index (χ1) is 10.5. The number of rotatable bonds is 2. The number of benzene rings is 2. The van der Waals surface area contributed by atoms with Crippen LogP contribution in [0.4, 0.5) is 0 Å². The molecular weight excluding hydrogens is 327 g/mol. The fourth-order valence-electron chi connectivity index (χ4n) is 2.32. The van der Waals surface area contributed by atoms with Crippen molar-refractivity contribution in [2.45, 2.75) is 12.2 Å². The van der Waals surface area contributed by atoms with Crippen molar-refractivity contribution < 1.29 is 19.1 Å². The fraction of sp³-hybridized carbons (Fsp3) is 0.125. The average Bonchev–Trinajstić information content (AvgIpc) is 2.46. The van der Waals surface area contributed by atoms with Crippen LogP contribution in [0.3, 0.4) is 0 Å². The lowest BCUT2D eigenvalue weighted by molar-refractivity contribution is -0.234. The van der Waals surface area contributed by atoms with Crippen LogP contribution < -0.4 is 0 Å². The van der Waals surface area contributed by atoms with Gasteiger partial charge in [0.1, 0.15) is 6.42 Å². The number of esters is 2. The smallest absolute Gasteiger partial charge is 0.320 e. The molecule has 1 heterocycles. The van der Waals surface area contributed by atoms with Gasteiger partial charge in [-0.3, -0.25) is 9.59 Å². The molecule has 0 spiro atoms. The summed E-state index contributed by atoms with van der Waals surface area (Å²) in [5.41, 5.74) is 0.868. The van der Waals surface area contributed by atoms with Crippen molar-refractivity contribution in [1.29, 1.82) is 0 Å². The molecule has 0 atom stereocenters. The minimum Gasteiger partial charge on any atom is -0.413 e. The lowest BCUT2D eigenvalue weighted by Gasteiger charge is -2.36. The van der Waals surface area contributed by atoms with Crippen molar-refractivity contribution in [2.75, 3.05) is 0 Å². The van der Waals surface area contributed by atoms with Gasteiger partial charge in [0.15, 0.2) is 0 Å². The fourth-order valence-corrected chi connectivity index (χ4v) is 2.70. The first-order valence-electron chi connectivity index (χ1n) is 6.45.